The van der Waals surface area contributed by atoms with E-state index < -0.39 is 17.7 Å². The number of aliphatic carboxylic acids is 1. The first-order valence-corrected chi connectivity index (χ1v) is 9.21. The predicted octanol–water partition coefficient (Wildman–Crippen LogP) is 5.12. The Labute approximate surface area is 142 Å². The van der Waals surface area contributed by atoms with Crippen LogP contribution < -0.4 is 0 Å². The van der Waals surface area contributed by atoms with E-state index in [-0.39, 0.29) is 0 Å². The zero-order valence-electron chi connectivity index (χ0n) is 14.6. The van der Waals surface area contributed by atoms with E-state index in [1.807, 2.05) is 27.7 Å². The lowest BCUT2D eigenvalue weighted by Crippen LogP contribution is -2.28. The number of ether oxygens (including phenoxy) is 1. The second-order valence-electron chi connectivity index (χ2n) is 7.84. The van der Waals surface area contributed by atoms with Crippen LogP contribution in [0.15, 0.2) is 6.08 Å². The Morgan fingerprint density at radius 1 is 1.30 bits per heavy atom. The van der Waals surface area contributed by atoms with Crippen molar-refractivity contribution in [2.24, 2.45) is 11.8 Å². The van der Waals surface area contributed by atoms with Crippen molar-refractivity contribution in [1.29, 1.82) is 0 Å². The van der Waals surface area contributed by atoms with Gasteiger partial charge in [0.05, 0.1) is 5.60 Å². The van der Waals surface area contributed by atoms with Gasteiger partial charge in [0.25, 0.3) is 0 Å². The first-order valence-electron chi connectivity index (χ1n) is 8.40. The molecule has 3 nitrogen and oxygen atoms in total. The highest BCUT2D eigenvalue weighted by atomic mass is 32.1. The highest BCUT2D eigenvalue weighted by Crippen LogP contribution is 2.52. The molecule has 126 valence electrons. The second kappa shape index (κ2) is 5.75. The van der Waals surface area contributed by atoms with Crippen molar-refractivity contribution in [2.75, 3.05) is 0 Å². The molecule has 0 amide bonds. The Morgan fingerprint density at radius 3 is 2.48 bits per heavy atom. The molecule has 0 saturated heterocycles. The van der Waals surface area contributed by atoms with E-state index in [9.17, 15) is 9.90 Å². The molecular formula is C19H26O3S. The quantitative estimate of drug-likeness (QED) is 0.831. The van der Waals surface area contributed by atoms with Gasteiger partial charge in [0.1, 0.15) is 0 Å². The van der Waals surface area contributed by atoms with E-state index in [4.69, 9.17) is 4.74 Å². The first kappa shape index (κ1) is 16.7. The fourth-order valence-electron chi connectivity index (χ4n) is 4.09. The molecule has 23 heavy (non-hydrogen) atoms. The number of carbonyl (C=O) groups is 1. The summed E-state index contributed by atoms with van der Waals surface area (Å²) in [6.45, 7) is 9.86. The van der Waals surface area contributed by atoms with E-state index in [0.717, 1.165) is 16.0 Å². The molecule has 1 saturated carbocycles. The van der Waals surface area contributed by atoms with Crippen molar-refractivity contribution in [3.05, 3.63) is 27.0 Å². The van der Waals surface area contributed by atoms with Gasteiger partial charge < -0.3 is 9.84 Å². The van der Waals surface area contributed by atoms with Crippen molar-refractivity contribution in [3.8, 4) is 0 Å². The monoisotopic (exact) mass is 334 g/mol. The molecule has 0 radical (unpaired) electrons. The van der Waals surface area contributed by atoms with Gasteiger partial charge in [0.2, 0.25) is 0 Å². The van der Waals surface area contributed by atoms with Crippen LogP contribution in [0.3, 0.4) is 0 Å². The number of hydrogen-bond acceptors (Lipinski definition) is 3. The molecule has 1 aromatic heterocycles. The Morgan fingerprint density at radius 2 is 2.00 bits per heavy atom. The average Bonchev–Trinajstić information content (AvgIpc) is 3.08. The van der Waals surface area contributed by atoms with Crippen LogP contribution in [-0.2, 0) is 9.53 Å². The average molecular weight is 334 g/mol. The molecule has 0 spiro atoms. The van der Waals surface area contributed by atoms with Crippen LogP contribution in [0.4, 0.5) is 0 Å². The number of thiophene rings is 1. The summed E-state index contributed by atoms with van der Waals surface area (Å²) in [6.07, 6.45) is 5.26. The highest BCUT2D eigenvalue weighted by molar-refractivity contribution is 7.12. The minimum Gasteiger partial charge on any atom is -0.479 e. The van der Waals surface area contributed by atoms with E-state index in [1.54, 1.807) is 11.3 Å². The second-order valence-corrected chi connectivity index (χ2v) is 9.27. The summed E-state index contributed by atoms with van der Waals surface area (Å²) in [4.78, 5) is 14.2. The number of rotatable bonds is 4. The number of allylic oxidation sites excluding steroid dienone is 2. The topological polar surface area (TPSA) is 46.5 Å². The molecule has 2 bridgehead atoms. The molecule has 0 aromatic carbocycles. The van der Waals surface area contributed by atoms with Gasteiger partial charge in [0, 0.05) is 15.3 Å². The molecule has 3 rings (SSSR count). The zero-order chi connectivity index (χ0) is 16.9. The third kappa shape index (κ3) is 3.11. The molecular weight excluding hydrogens is 308 g/mol. The van der Waals surface area contributed by atoms with Crippen molar-refractivity contribution in [1.82, 2.24) is 0 Å². The molecule has 4 heteroatoms. The number of carboxylic acid groups (broad SMARTS) is 1. The first-order chi connectivity index (χ1) is 10.7. The molecule has 1 aromatic rings. The van der Waals surface area contributed by atoms with Gasteiger partial charge in [-0.15, -0.1) is 11.3 Å². The molecule has 3 unspecified atom stereocenters. The maximum atomic E-state index is 11.9. The molecule has 2 aliphatic rings. The fourth-order valence-corrected chi connectivity index (χ4v) is 5.20. The Balaban J connectivity index is 2.08. The minimum atomic E-state index is -0.897. The van der Waals surface area contributed by atoms with Crippen LogP contribution >= 0.6 is 11.3 Å². The lowest BCUT2D eigenvalue weighted by Gasteiger charge is -2.27. The summed E-state index contributed by atoms with van der Waals surface area (Å²) >= 11 is 1.70. The smallest absolute Gasteiger partial charge is 0.337 e. The summed E-state index contributed by atoms with van der Waals surface area (Å²) in [5.41, 5.74) is 2.93. The van der Waals surface area contributed by atoms with Gasteiger partial charge in [-0.2, -0.15) is 0 Å². The zero-order valence-corrected chi connectivity index (χ0v) is 15.4. The Hall–Kier alpha value is -1.13. The fraction of sp³-hybridized carbons (Fsp3) is 0.632. The summed E-state index contributed by atoms with van der Waals surface area (Å²) in [7, 11) is 0. The van der Waals surface area contributed by atoms with E-state index in [0.29, 0.717) is 11.8 Å². The van der Waals surface area contributed by atoms with Gasteiger partial charge in [0.15, 0.2) is 6.10 Å². The summed E-state index contributed by atoms with van der Waals surface area (Å²) in [6, 6.07) is 0. The standard InChI is InChI=1S/C19H26O3S/c1-10-15(14-9-12-6-7-13(14)8-12)16(11(2)23-10)17(18(20)21)22-19(3,4)5/h9,12-13,17H,6-8H2,1-5H3,(H,20,21). The largest absolute Gasteiger partial charge is 0.479 e. The molecule has 1 fully saturated rings. The number of carboxylic acids is 1. The summed E-state index contributed by atoms with van der Waals surface area (Å²) in [5, 5.41) is 9.78. The maximum Gasteiger partial charge on any atom is 0.337 e. The van der Waals surface area contributed by atoms with Crippen molar-refractivity contribution < 1.29 is 14.6 Å². The van der Waals surface area contributed by atoms with Gasteiger partial charge in [-0.05, 0) is 76.9 Å². The van der Waals surface area contributed by atoms with E-state index >= 15 is 0 Å². The van der Waals surface area contributed by atoms with Crippen molar-refractivity contribution >= 4 is 22.9 Å². The van der Waals surface area contributed by atoms with E-state index in [2.05, 4.69) is 13.0 Å². The number of aryl methyl sites for hydroxylation is 2. The Bertz CT molecular complexity index is 663. The van der Waals surface area contributed by atoms with Gasteiger partial charge in [-0.25, -0.2) is 4.79 Å². The van der Waals surface area contributed by atoms with Crippen molar-refractivity contribution in [2.45, 2.75) is 65.6 Å². The maximum absolute atomic E-state index is 11.9. The summed E-state index contributed by atoms with van der Waals surface area (Å²) < 4.78 is 5.94. The van der Waals surface area contributed by atoms with Crippen LogP contribution in [0, 0.1) is 25.7 Å². The SMILES string of the molecule is Cc1sc(C)c(C(OC(C)(C)C)C(=O)O)c1C1=CC2CCC1C2. The number of hydrogen-bond donors (Lipinski definition) is 1. The van der Waals surface area contributed by atoms with Gasteiger partial charge >= 0.3 is 5.97 Å². The third-order valence-electron chi connectivity index (χ3n) is 4.88. The Kier molecular flexibility index (Phi) is 4.18. The molecule has 0 aliphatic heterocycles. The molecule has 2 aliphatic carbocycles. The normalized spacial score (nSPS) is 24.8. The molecule has 3 atom stereocenters. The van der Waals surface area contributed by atoms with Crippen LogP contribution in [0.2, 0.25) is 0 Å². The van der Waals surface area contributed by atoms with Crippen LogP contribution in [-0.4, -0.2) is 16.7 Å². The molecule has 1 N–H and O–H groups in total. The van der Waals surface area contributed by atoms with E-state index in [1.165, 1.54) is 29.7 Å². The minimum absolute atomic E-state index is 0.494. The lowest BCUT2D eigenvalue weighted by molar-refractivity contribution is -0.160. The van der Waals surface area contributed by atoms with Crippen LogP contribution in [0.5, 0.6) is 0 Å². The summed E-state index contributed by atoms with van der Waals surface area (Å²) in [5.74, 6) is 0.399. The molecule has 1 heterocycles. The van der Waals surface area contributed by atoms with Crippen LogP contribution in [0.1, 0.15) is 67.0 Å². The van der Waals surface area contributed by atoms with Gasteiger partial charge in [-0.1, -0.05) is 6.08 Å². The predicted molar refractivity (Wildman–Crippen MR) is 93.8 cm³/mol. The van der Waals surface area contributed by atoms with Crippen LogP contribution in [0.25, 0.3) is 5.57 Å². The number of fused-ring (bicyclic) bond motifs is 2. The lowest BCUT2D eigenvalue weighted by atomic mass is 9.88. The highest BCUT2D eigenvalue weighted by Gasteiger charge is 2.39. The third-order valence-corrected chi connectivity index (χ3v) is 5.92. The van der Waals surface area contributed by atoms with Gasteiger partial charge in [-0.3, -0.25) is 0 Å². The van der Waals surface area contributed by atoms with Crippen molar-refractivity contribution in [3.63, 3.8) is 0 Å².